The van der Waals surface area contributed by atoms with Gasteiger partial charge in [-0.1, -0.05) is 67.6 Å². The average molecular weight is 274 g/mol. The molecule has 1 aliphatic carbocycles. The van der Waals surface area contributed by atoms with Crippen LogP contribution in [0.2, 0.25) is 0 Å². The molecule has 2 unspecified atom stereocenters. The Balaban J connectivity index is 2.14. The van der Waals surface area contributed by atoms with Gasteiger partial charge < -0.3 is 5.11 Å². The molecular formula is C20H18O. The highest BCUT2D eigenvalue weighted by atomic mass is 16.3. The number of benzene rings is 3. The Labute approximate surface area is 124 Å². The van der Waals surface area contributed by atoms with Gasteiger partial charge in [0.15, 0.2) is 0 Å². The van der Waals surface area contributed by atoms with E-state index in [1.165, 1.54) is 16.5 Å². The van der Waals surface area contributed by atoms with Crippen molar-refractivity contribution in [1.82, 2.24) is 0 Å². The largest absolute Gasteiger partial charge is 0.381 e. The van der Waals surface area contributed by atoms with Gasteiger partial charge in [0, 0.05) is 5.92 Å². The maximum absolute atomic E-state index is 11.3. The lowest BCUT2D eigenvalue weighted by Crippen LogP contribution is -2.31. The molecule has 3 aromatic rings. The Morgan fingerprint density at radius 1 is 0.857 bits per heavy atom. The molecule has 0 fully saturated rings. The zero-order chi connectivity index (χ0) is 14.6. The first-order valence-corrected chi connectivity index (χ1v) is 7.44. The van der Waals surface area contributed by atoms with Crippen molar-refractivity contribution in [3.05, 3.63) is 82.9 Å². The third-order valence-electron chi connectivity index (χ3n) is 4.87. The minimum atomic E-state index is -0.945. The third kappa shape index (κ3) is 1.61. The molecule has 3 aromatic carbocycles. The molecule has 1 aliphatic rings. The predicted molar refractivity (Wildman–Crippen MR) is 86.6 cm³/mol. The van der Waals surface area contributed by atoms with E-state index in [4.69, 9.17) is 0 Å². The van der Waals surface area contributed by atoms with Gasteiger partial charge in [0.25, 0.3) is 0 Å². The van der Waals surface area contributed by atoms with Crippen LogP contribution in [0.5, 0.6) is 0 Å². The lowest BCUT2D eigenvalue weighted by Gasteiger charge is -2.38. The van der Waals surface area contributed by atoms with Gasteiger partial charge in [-0.2, -0.15) is 0 Å². The molecule has 0 aliphatic heterocycles. The topological polar surface area (TPSA) is 20.2 Å². The van der Waals surface area contributed by atoms with Crippen molar-refractivity contribution in [2.24, 2.45) is 0 Å². The van der Waals surface area contributed by atoms with Crippen molar-refractivity contribution in [3.8, 4) is 0 Å². The van der Waals surface area contributed by atoms with Crippen molar-refractivity contribution < 1.29 is 5.11 Å². The maximum Gasteiger partial charge on any atom is 0.113 e. The van der Waals surface area contributed by atoms with Gasteiger partial charge in [-0.25, -0.2) is 0 Å². The second kappa shape index (κ2) is 4.19. The summed E-state index contributed by atoms with van der Waals surface area (Å²) in [6.07, 6.45) is 0. The molecule has 0 spiro atoms. The minimum Gasteiger partial charge on any atom is -0.381 e. The van der Waals surface area contributed by atoms with Crippen molar-refractivity contribution in [3.63, 3.8) is 0 Å². The minimum absolute atomic E-state index is 0.307. The van der Waals surface area contributed by atoms with Crippen LogP contribution >= 0.6 is 0 Å². The van der Waals surface area contributed by atoms with Crippen molar-refractivity contribution in [2.75, 3.05) is 0 Å². The number of aliphatic hydroxyl groups is 1. The second-order valence-corrected chi connectivity index (χ2v) is 6.13. The standard InChI is InChI=1S/C20H18O/c1-13-15-8-5-6-10-18(15)20(2,21)19-16(13)12-11-14-7-3-4-9-17(14)19/h3-13,21H,1-2H3. The first-order valence-electron chi connectivity index (χ1n) is 7.44. The summed E-state index contributed by atoms with van der Waals surface area (Å²) in [5.41, 5.74) is 3.61. The third-order valence-corrected chi connectivity index (χ3v) is 4.87. The molecule has 4 rings (SSSR count). The van der Waals surface area contributed by atoms with Gasteiger partial charge in [-0.15, -0.1) is 0 Å². The molecule has 0 heterocycles. The summed E-state index contributed by atoms with van der Waals surface area (Å²) >= 11 is 0. The van der Waals surface area contributed by atoms with Crippen LogP contribution in [0.1, 0.15) is 42.0 Å². The van der Waals surface area contributed by atoms with E-state index in [-0.39, 0.29) is 0 Å². The van der Waals surface area contributed by atoms with E-state index in [1.54, 1.807) is 0 Å². The van der Waals surface area contributed by atoms with Gasteiger partial charge >= 0.3 is 0 Å². The van der Waals surface area contributed by atoms with Crippen LogP contribution in [0.15, 0.2) is 60.7 Å². The highest BCUT2D eigenvalue weighted by molar-refractivity contribution is 5.89. The summed E-state index contributed by atoms with van der Waals surface area (Å²) in [4.78, 5) is 0. The molecule has 0 aromatic heterocycles. The van der Waals surface area contributed by atoms with E-state index in [9.17, 15) is 5.11 Å². The van der Waals surface area contributed by atoms with Crippen molar-refractivity contribution in [1.29, 1.82) is 0 Å². The number of rotatable bonds is 0. The zero-order valence-electron chi connectivity index (χ0n) is 12.3. The number of fused-ring (bicyclic) bond motifs is 4. The Morgan fingerprint density at radius 2 is 1.57 bits per heavy atom. The van der Waals surface area contributed by atoms with Crippen LogP contribution in [-0.2, 0) is 5.60 Å². The molecule has 0 bridgehead atoms. The predicted octanol–water partition coefficient (Wildman–Crippen LogP) is 4.56. The van der Waals surface area contributed by atoms with Gasteiger partial charge in [-0.05, 0) is 39.9 Å². The van der Waals surface area contributed by atoms with Crippen molar-refractivity contribution in [2.45, 2.75) is 25.4 Å². The molecule has 21 heavy (non-hydrogen) atoms. The summed E-state index contributed by atoms with van der Waals surface area (Å²) in [5, 5.41) is 13.6. The van der Waals surface area contributed by atoms with Gasteiger partial charge in [0.05, 0.1) is 0 Å². The van der Waals surface area contributed by atoms with Crippen LogP contribution in [0.3, 0.4) is 0 Å². The molecule has 0 amide bonds. The normalized spacial score (nSPS) is 23.7. The summed E-state index contributed by atoms with van der Waals surface area (Å²) in [7, 11) is 0. The highest BCUT2D eigenvalue weighted by Crippen LogP contribution is 2.47. The van der Waals surface area contributed by atoms with E-state index in [1.807, 2.05) is 25.1 Å². The molecule has 0 saturated heterocycles. The maximum atomic E-state index is 11.3. The van der Waals surface area contributed by atoms with Crippen LogP contribution in [0.4, 0.5) is 0 Å². The monoisotopic (exact) mass is 274 g/mol. The quantitative estimate of drug-likeness (QED) is 0.637. The molecule has 0 radical (unpaired) electrons. The van der Waals surface area contributed by atoms with Crippen LogP contribution in [0, 0.1) is 0 Å². The van der Waals surface area contributed by atoms with Crippen LogP contribution < -0.4 is 0 Å². The Kier molecular flexibility index (Phi) is 2.51. The summed E-state index contributed by atoms with van der Waals surface area (Å²) in [6.45, 7) is 4.14. The average Bonchev–Trinajstić information content (AvgIpc) is 2.52. The van der Waals surface area contributed by atoms with E-state index >= 15 is 0 Å². The van der Waals surface area contributed by atoms with Crippen molar-refractivity contribution >= 4 is 10.8 Å². The summed E-state index contributed by atoms with van der Waals surface area (Å²) < 4.78 is 0. The Hall–Kier alpha value is -2.12. The fourth-order valence-corrected chi connectivity index (χ4v) is 3.81. The van der Waals surface area contributed by atoms with E-state index in [0.29, 0.717) is 5.92 Å². The zero-order valence-corrected chi connectivity index (χ0v) is 12.3. The fraction of sp³-hybridized carbons (Fsp3) is 0.200. The molecule has 2 atom stereocenters. The molecule has 1 heteroatoms. The Bertz CT molecular complexity index is 845. The van der Waals surface area contributed by atoms with Gasteiger partial charge in [-0.3, -0.25) is 0 Å². The SMILES string of the molecule is CC1c2ccccc2C(C)(O)c2c1ccc1ccccc21. The molecule has 1 nitrogen and oxygen atoms in total. The first kappa shape index (κ1) is 12.6. The van der Waals surface area contributed by atoms with Gasteiger partial charge in [0.2, 0.25) is 0 Å². The van der Waals surface area contributed by atoms with Crippen LogP contribution in [-0.4, -0.2) is 5.11 Å². The second-order valence-electron chi connectivity index (χ2n) is 6.13. The molecule has 104 valence electrons. The smallest absolute Gasteiger partial charge is 0.113 e. The number of hydrogen-bond acceptors (Lipinski definition) is 1. The first-order chi connectivity index (χ1) is 10.1. The highest BCUT2D eigenvalue weighted by Gasteiger charge is 2.38. The lowest BCUT2D eigenvalue weighted by molar-refractivity contribution is 0.0983. The van der Waals surface area contributed by atoms with Gasteiger partial charge in [0.1, 0.15) is 5.60 Å². The Morgan fingerprint density at radius 3 is 2.43 bits per heavy atom. The molecule has 0 saturated carbocycles. The lowest BCUT2D eigenvalue weighted by atomic mass is 9.70. The van der Waals surface area contributed by atoms with E-state index in [2.05, 4.69) is 49.4 Å². The number of hydrogen-bond donors (Lipinski definition) is 1. The van der Waals surface area contributed by atoms with E-state index in [0.717, 1.165) is 16.5 Å². The summed E-state index contributed by atoms with van der Waals surface area (Å²) in [5.74, 6) is 0.307. The summed E-state index contributed by atoms with van der Waals surface area (Å²) in [6, 6.07) is 20.9. The molecule has 1 N–H and O–H groups in total. The molecular weight excluding hydrogens is 256 g/mol. The fourth-order valence-electron chi connectivity index (χ4n) is 3.81. The van der Waals surface area contributed by atoms with Crippen LogP contribution in [0.25, 0.3) is 10.8 Å². The van der Waals surface area contributed by atoms with E-state index < -0.39 is 5.60 Å².